The molecular weight excluding hydrogens is 294 g/mol. The molecule has 1 aromatic rings. The number of benzene rings is 1. The van der Waals surface area contributed by atoms with Crippen molar-refractivity contribution in [3.05, 3.63) is 34.9 Å². The Morgan fingerprint density at radius 1 is 1.35 bits per heavy atom. The lowest BCUT2D eigenvalue weighted by molar-refractivity contribution is -0.138. The Hall–Kier alpha value is -0.710. The minimum absolute atomic E-state index is 0.115. The van der Waals surface area contributed by atoms with Crippen LogP contribution in [0.3, 0.4) is 0 Å². The number of amides is 1. The van der Waals surface area contributed by atoms with Crippen molar-refractivity contribution in [3.63, 3.8) is 0 Å². The van der Waals surface area contributed by atoms with Gasteiger partial charge in [0.15, 0.2) is 0 Å². The summed E-state index contributed by atoms with van der Waals surface area (Å²) < 4.78 is 5.35. The molecule has 3 rings (SSSR count). The molecule has 2 fully saturated rings. The van der Waals surface area contributed by atoms with Crippen LogP contribution in [0.4, 0.5) is 0 Å². The van der Waals surface area contributed by atoms with Gasteiger partial charge in [-0.1, -0.05) is 23.7 Å². The molecule has 0 spiro atoms. The Balaban J connectivity index is 1.76. The standard InChI is InChI=1S/C15H18ClNO2S/c16-13-3-1-2-12(10-13)15-17(6-9-20-15)14(18)11-4-7-19-8-5-11/h1-3,10-11,15H,4-9H2. The average molecular weight is 312 g/mol. The van der Waals surface area contributed by atoms with Crippen LogP contribution in [-0.2, 0) is 9.53 Å². The topological polar surface area (TPSA) is 29.5 Å². The molecule has 0 radical (unpaired) electrons. The maximum Gasteiger partial charge on any atom is 0.227 e. The zero-order valence-electron chi connectivity index (χ0n) is 11.3. The Labute approximate surface area is 128 Å². The number of halogens is 1. The van der Waals surface area contributed by atoms with Crippen molar-refractivity contribution in [1.29, 1.82) is 0 Å². The lowest BCUT2D eigenvalue weighted by Gasteiger charge is -2.30. The van der Waals surface area contributed by atoms with Gasteiger partial charge in [-0.3, -0.25) is 4.79 Å². The van der Waals surface area contributed by atoms with Crippen LogP contribution in [0.5, 0.6) is 0 Å². The molecule has 0 aliphatic carbocycles. The first-order valence-electron chi connectivity index (χ1n) is 7.01. The number of ether oxygens (including phenoxy) is 1. The van der Waals surface area contributed by atoms with E-state index in [1.54, 1.807) is 0 Å². The quantitative estimate of drug-likeness (QED) is 0.839. The molecule has 1 atom stereocenters. The van der Waals surface area contributed by atoms with Gasteiger partial charge in [-0.25, -0.2) is 0 Å². The van der Waals surface area contributed by atoms with E-state index < -0.39 is 0 Å². The van der Waals surface area contributed by atoms with E-state index in [2.05, 4.69) is 6.07 Å². The van der Waals surface area contributed by atoms with E-state index in [1.807, 2.05) is 34.9 Å². The van der Waals surface area contributed by atoms with E-state index >= 15 is 0 Å². The van der Waals surface area contributed by atoms with E-state index in [1.165, 1.54) is 0 Å². The fourth-order valence-corrected chi connectivity index (χ4v) is 4.26. The van der Waals surface area contributed by atoms with Gasteiger partial charge in [-0.05, 0) is 30.5 Å². The number of rotatable bonds is 2. The van der Waals surface area contributed by atoms with Crippen LogP contribution in [-0.4, -0.2) is 36.3 Å². The number of hydrogen-bond acceptors (Lipinski definition) is 3. The normalized spacial score (nSPS) is 24.1. The first kappa shape index (κ1) is 14.2. The van der Waals surface area contributed by atoms with E-state index in [9.17, 15) is 4.79 Å². The van der Waals surface area contributed by atoms with Crippen molar-refractivity contribution in [2.24, 2.45) is 5.92 Å². The molecule has 1 amide bonds. The van der Waals surface area contributed by atoms with Crippen molar-refractivity contribution < 1.29 is 9.53 Å². The highest BCUT2D eigenvalue weighted by Crippen LogP contribution is 2.40. The van der Waals surface area contributed by atoms with Gasteiger partial charge in [0.1, 0.15) is 5.37 Å². The molecule has 1 aromatic carbocycles. The molecule has 2 saturated heterocycles. The zero-order valence-corrected chi connectivity index (χ0v) is 12.8. The molecule has 20 heavy (non-hydrogen) atoms. The molecule has 0 saturated carbocycles. The highest BCUT2D eigenvalue weighted by atomic mass is 35.5. The van der Waals surface area contributed by atoms with Crippen molar-refractivity contribution in [3.8, 4) is 0 Å². The first-order chi connectivity index (χ1) is 9.75. The molecule has 108 valence electrons. The van der Waals surface area contributed by atoms with Crippen molar-refractivity contribution in [1.82, 2.24) is 4.90 Å². The lowest BCUT2D eigenvalue weighted by Crippen LogP contribution is -2.38. The molecular formula is C15H18ClNO2S. The van der Waals surface area contributed by atoms with Gasteiger partial charge in [-0.2, -0.15) is 0 Å². The van der Waals surface area contributed by atoms with Crippen LogP contribution in [0.2, 0.25) is 5.02 Å². The van der Waals surface area contributed by atoms with Crippen LogP contribution < -0.4 is 0 Å². The molecule has 5 heteroatoms. The number of thioether (sulfide) groups is 1. The maximum atomic E-state index is 12.7. The predicted octanol–water partition coefficient (Wildman–Crippen LogP) is 3.34. The summed E-state index contributed by atoms with van der Waals surface area (Å²) in [5.41, 5.74) is 1.13. The lowest BCUT2D eigenvalue weighted by atomic mass is 9.98. The van der Waals surface area contributed by atoms with Gasteiger partial charge in [-0.15, -0.1) is 11.8 Å². The van der Waals surface area contributed by atoms with Gasteiger partial charge in [0.25, 0.3) is 0 Å². The van der Waals surface area contributed by atoms with Crippen molar-refractivity contribution in [2.45, 2.75) is 18.2 Å². The van der Waals surface area contributed by atoms with E-state index in [0.29, 0.717) is 13.2 Å². The minimum Gasteiger partial charge on any atom is -0.381 e. The summed E-state index contributed by atoms with van der Waals surface area (Å²) in [6, 6.07) is 7.84. The largest absolute Gasteiger partial charge is 0.381 e. The molecule has 0 N–H and O–H groups in total. The minimum atomic E-state index is 0.115. The fraction of sp³-hybridized carbons (Fsp3) is 0.533. The van der Waals surface area contributed by atoms with E-state index in [4.69, 9.17) is 16.3 Å². The van der Waals surface area contributed by atoms with Crippen molar-refractivity contribution in [2.75, 3.05) is 25.5 Å². The highest BCUT2D eigenvalue weighted by molar-refractivity contribution is 7.99. The van der Waals surface area contributed by atoms with Crippen LogP contribution in [0.25, 0.3) is 0 Å². The molecule has 1 unspecified atom stereocenters. The summed E-state index contributed by atoms with van der Waals surface area (Å²) in [7, 11) is 0. The number of carbonyl (C=O) groups excluding carboxylic acids is 1. The third-order valence-corrected chi connectivity index (χ3v) is 5.37. The van der Waals surface area contributed by atoms with Crippen LogP contribution >= 0.6 is 23.4 Å². The number of nitrogens with zero attached hydrogens (tertiary/aromatic N) is 1. The van der Waals surface area contributed by atoms with Crippen LogP contribution in [0.1, 0.15) is 23.8 Å². The fourth-order valence-electron chi connectivity index (χ4n) is 2.81. The summed E-state index contributed by atoms with van der Waals surface area (Å²) in [5, 5.41) is 0.845. The van der Waals surface area contributed by atoms with E-state index in [0.717, 1.165) is 35.7 Å². The third kappa shape index (κ3) is 2.97. The summed E-state index contributed by atoms with van der Waals surface area (Å²) in [6.07, 6.45) is 1.70. The molecule has 0 aromatic heterocycles. The zero-order chi connectivity index (χ0) is 13.9. The molecule has 3 nitrogen and oxygen atoms in total. The van der Waals surface area contributed by atoms with Gasteiger partial charge < -0.3 is 9.64 Å². The third-order valence-electron chi connectivity index (χ3n) is 3.88. The molecule has 2 heterocycles. The second kappa shape index (κ2) is 6.37. The maximum absolute atomic E-state index is 12.7. The summed E-state index contributed by atoms with van der Waals surface area (Å²) in [6.45, 7) is 2.25. The first-order valence-corrected chi connectivity index (χ1v) is 8.43. The van der Waals surface area contributed by atoms with Gasteiger partial charge in [0.2, 0.25) is 5.91 Å². The summed E-state index contributed by atoms with van der Waals surface area (Å²) in [4.78, 5) is 14.7. The smallest absolute Gasteiger partial charge is 0.227 e. The molecule has 0 bridgehead atoms. The van der Waals surface area contributed by atoms with Gasteiger partial charge in [0.05, 0.1) is 0 Å². The molecule has 2 aliphatic heterocycles. The van der Waals surface area contributed by atoms with E-state index in [-0.39, 0.29) is 17.2 Å². The number of hydrogen-bond donors (Lipinski definition) is 0. The van der Waals surface area contributed by atoms with Gasteiger partial charge in [0, 0.05) is 36.5 Å². The Bertz CT molecular complexity index is 491. The van der Waals surface area contributed by atoms with Crippen LogP contribution in [0.15, 0.2) is 24.3 Å². The van der Waals surface area contributed by atoms with Gasteiger partial charge >= 0.3 is 0 Å². The second-order valence-electron chi connectivity index (χ2n) is 5.20. The van der Waals surface area contributed by atoms with Crippen LogP contribution in [0, 0.1) is 5.92 Å². The highest BCUT2D eigenvalue weighted by Gasteiger charge is 2.35. The Kier molecular flexibility index (Phi) is 4.54. The predicted molar refractivity (Wildman–Crippen MR) is 81.9 cm³/mol. The average Bonchev–Trinajstić information content (AvgIpc) is 2.97. The summed E-state index contributed by atoms with van der Waals surface area (Å²) in [5.74, 6) is 1.40. The second-order valence-corrected chi connectivity index (χ2v) is 6.82. The monoisotopic (exact) mass is 311 g/mol. The SMILES string of the molecule is O=C(C1CCOCC1)N1CCSC1c1cccc(Cl)c1. The Morgan fingerprint density at radius 2 is 2.15 bits per heavy atom. The number of carbonyl (C=O) groups is 1. The summed E-state index contributed by atoms with van der Waals surface area (Å²) >= 11 is 7.89. The van der Waals surface area contributed by atoms with Crippen molar-refractivity contribution >= 4 is 29.3 Å². The Morgan fingerprint density at radius 3 is 2.90 bits per heavy atom. The molecule has 2 aliphatic rings.